The molecule has 2 aromatic carbocycles. The number of carbonyl (C=O) groups excluding carboxylic acids is 1. The van der Waals surface area contributed by atoms with E-state index >= 15 is 0 Å². The molecule has 0 aliphatic carbocycles. The van der Waals surface area contributed by atoms with Crippen LogP contribution in [0, 0.1) is 0 Å². The summed E-state index contributed by atoms with van der Waals surface area (Å²) in [6.45, 7) is 2.71. The van der Waals surface area contributed by atoms with Crippen LogP contribution in [0.3, 0.4) is 0 Å². The second-order valence-corrected chi connectivity index (χ2v) is 6.76. The number of hydrogen-bond donors (Lipinski definition) is 0. The minimum Gasteiger partial charge on any atom is -0.479 e. The van der Waals surface area contributed by atoms with Crippen LogP contribution in [-0.4, -0.2) is 54.1 Å². The molecule has 1 aliphatic rings. The molecule has 6 nitrogen and oxygen atoms in total. The number of amides is 1. The third-order valence-electron chi connectivity index (χ3n) is 4.69. The molecular weight excluding hydrogens is 364 g/mol. The number of hydrogen-bond acceptors (Lipinski definition) is 5. The molecule has 0 spiro atoms. The second kappa shape index (κ2) is 7.40. The summed E-state index contributed by atoms with van der Waals surface area (Å²) < 4.78 is 5.32. The molecular formula is C20H19ClN4O2. The van der Waals surface area contributed by atoms with Crippen LogP contribution in [0.15, 0.2) is 48.5 Å². The Labute approximate surface area is 162 Å². The highest BCUT2D eigenvalue weighted by Gasteiger charge is 2.26. The standard InChI is InChI=1S/C20H19ClN4O2/c1-27-19-18(22-16-4-2-3-5-17(16)23-19)20(26)25-12-10-24(11-13-25)15-8-6-14(21)7-9-15/h2-9H,10-13H2,1H3. The molecule has 27 heavy (non-hydrogen) atoms. The van der Waals surface area contributed by atoms with Gasteiger partial charge in [0.15, 0.2) is 5.69 Å². The van der Waals surface area contributed by atoms with Crippen LogP contribution in [0.5, 0.6) is 5.88 Å². The summed E-state index contributed by atoms with van der Waals surface area (Å²) >= 11 is 5.96. The average Bonchev–Trinajstić information content (AvgIpc) is 2.73. The van der Waals surface area contributed by atoms with Crippen molar-refractivity contribution >= 4 is 34.2 Å². The Bertz CT molecular complexity index is 969. The van der Waals surface area contributed by atoms with E-state index in [1.54, 1.807) is 4.90 Å². The van der Waals surface area contributed by atoms with E-state index in [2.05, 4.69) is 14.9 Å². The van der Waals surface area contributed by atoms with Crippen LogP contribution < -0.4 is 9.64 Å². The Morgan fingerprint density at radius 3 is 2.22 bits per heavy atom. The zero-order chi connectivity index (χ0) is 18.8. The minimum absolute atomic E-state index is 0.152. The summed E-state index contributed by atoms with van der Waals surface area (Å²) in [7, 11) is 1.51. The van der Waals surface area contributed by atoms with Crippen LogP contribution >= 0.6 is 11.6 Å². The fourth-order valence-electron chi connectivity index (χ4n) is 3.23. The van der Waals surface area contributed by atoms with Crippen LogP contribution in [0.2, 0.25) is 5.02 Å². The number of ether oxygens (including phenoxy) is 1. The van der Waals surface area contributed by atoms with E-state index in [0.29, 0.717) is 24.1 Å². The number of methoxy groups -OCH3 is 1. The SMILES string of the molecule is COc1nc2ccccc2nc1C(=O)N1CCN(c2ccc(Cl)cc2)CC1. The second-order valence-electron chi connectivity index (χ2n) is 6.33. The molecule has 1 amide bonds. The maximum Gasteiger partial charge on any atom is 0.278 e. The van der Waals surface area contributed by atoms with Crippen molar-refractivity contribution in [1.29, 1.82) is 0 Å². The molecule has 0 atom stereocenters. The topological polar surface area (TPSA) is 58.6 Å². The van der Waals surface area contributed by atoms with Gasteiger partial charge in [-0.15, -0.1) is 0 Å². The van der Waals surface area contributed by atoms with Crippen molar-refractivity contribution in [1.82, 2.24) is 14.9 Å². The molecule has 0 unspecified atom stereocenters. The Hall–Kier alpha value is -2.86. The maximum atomic E-state index is 13.0. The number of fused-ring (bicyclic) bond motifs is 1. The summed E-state index contributed by atoms with van der Waals surface area (Å²) in [4.78, 5) is 26.0. The third kappa shape index (κ3) is 3.53. The molecule has 1 aliphatic heterocycles. The zero-order valence-electron chi connectivity index (χ0n) is 14.9. The highest BCUT2D eigenvalue weighted by molar-refractivity contribution is 6.30. The lowest BCUT2D eigenvalue weighted by molar-refractivity contribution is 0.0736. The summed E-state index contributed by atoms with van der Waals surface area (Å²) in [5.74, 6) is 0.111. The number of anilines is 1. The van der Waals surface area contributed by atoms with Crippen LogP contribution in [-0.2, 0) is 0 Å². The Morgan fingerprint density at radius 2 is 1.59 bits per heavy atom. The predicted molar refractivity (Wildman–Crippen MR) is 106 cm³/mol. The molecule has 0 bridgehead atoms. The number of nitrogens with zero attached hydrogens (tertiary/aromatic N) is 4. The molecule has 0 radical (unpaired) electrons. The number of carbonyl (C=O) groups is 1. The Morgan fingerprint density at radius 1 is 0.963 bits per heavy atom. The molecule has 0 N–H and O–H groups in total. The first-order valence-electron chi connectivity index (χ1n) is 8.76. The van der Waals surface area contributed by atoms with E-state index in [9.17, 15) is 4.79 Å². The zero-order valence-corrected chi connectivity index (χ0v) is 15.7. The molecule has 3 aromatic rings. The number of para-hydroxylation sites is 2. The van der Waals surface area contributed by atoms with Gasteiger partial charge < -0.3 is 14.5 Å². The first-order valence-corrected chi connectivity index (χ1v) is 9.14. The lowest BCUT2D eigenvalue weighted by Crippen LogP contribution is -2.49. The number of piperazine rings is 1. The van der Waals surface area contributed by atoms with Crippen molar-refractivity contribution in [3.8, 4) is 5.88 Å². The summed E-state index contributed by atoms with van der Waals surface area (Å²) in [5.41, 5.74) is 2.76. The average molecular weight is 383 g/mol. The van der Waals surface area contributed by atoms with Crippen molar-refractivity contribution in [2.75, 3.05) is 38.2 Å². The van der Waals surface area contributed by atoms with Gasteiger partial charge in [0.2, 0.25) is 5.88 Å². The molecule has 7 heteroatoms. The summed E-state index contributed by atoms with van der Waals surface area (Å²) in [6, 6.07) is 15.2. The van der Waals surface area contributed by atoms with Gasteiger partial charge in [0.25, 0.3) is 5.91 Å². The molecule has 0 saturated carbocycles. The van der Waals surface area contributed by atoms with Crippen LogP contribution in [0.25, 0.3) is 11.0 Å². The van der Waals surface area contributed by atoms with Gasteiger partial charge in [-0.05, 0) is 36.4 Å². The highest BCUT2D eigenvalue weighted by Crippen LogP contribution is 2.23. The lowest BCUT2D eigenvalue weighted by atomic mass is 10.2. The van der Waals surface area contributed by atoms with Crippen molar-refractivity contribution in [3.05, 3.63) is 59.2 Å². The van der Waals surface area contributed by atoms with E-state index < -0.39 is 0 Å². The van der Waals surface area contributed by atoms with Gasteiger partial charge in [0, 0.05) is 36.9 Å². The molecule has 2 heterocycles. The monoisotopic (exact) mass is 382 g/mol. The Kier molecular flexibility index (Phi) is 4.81. The predicted octanol–water partition coefficient (Wildman–Crippen LogP) is 3.25. The van der Waals surface area contributed by atoms with Crippen LogP contribution in [0.4, 0.5) is 5.69 Å². The van der Waals surface area contributed by atoms with Gasteiger partial charge in [-0.3, -0.25) is 4.79 Å². The highest BCUT2D eigenvalue weighted by atomic mass is 35.5. The van der Waals surface area contributed by atoms with Crippen LogP contribution in [0.1, 0.15) is 10.5 Å². The summed E-state index contributed by atoms with van der Waals surface area (Å²) in [5, 5.41) is 0.717. The maximum absolute atomic E-state index is 13.0. The van der Waals surface area contributed by atoms with Gasteiger partial charge in [0.05, 0.1) is 18.1 Å². The van der Waals surface area contributed by atoms with Gasteiger partial charge in [0.1, 0.15) is 0 Å². The molecule has 1 saturated heterocycles. The van der Waals surface area contributed by atoms with E-state index in [-0.39, 0.29) is 17.5 Å². The smallest absolute Gasteiger partial charge is 0.278 e. The van der Waals surface area contributed by atoms with E-state index in [0.717, 1.165) is 23.8 Å². The first-order chi connectivity index (χ1) is 13.2. The van der Waals surface area contributed by atoms with Gasteiger partial charge in [-0.25, -0.2) is 9.97 Å². The Balaban J connectivity index is 1.52. The van der Waals surface area contributed by atoms with Crippen molar-refractivity contribution in [3.63, 3.8) is 0 Å². The molecule has 1 fully saturated rings. The lowest BCUT2D eigenvalue weighted by Gasteiger charge is -2.36. The van der Waals surface area contributed by atoms with Crippen molar-refractivity contribution in [2.45, 2.75) is 0 Å². The van der Waals surface area contributed by atoms with Gasteiger partial charge >= 0.3 is 0 Å². The molecule has 4 rings (SSSR count). The van der Waals surface area contributed by atoms with Gasteiger partial charge in [-0.2, -0.15) is 0 Å². The normalized spacial score (nSPS) is 14.4. The number of halogens is 1. The van der Waals surface area contributed by atoms with Crippen molar-refractivity contribution in [2.24, 2.45) is 0 Å². The summed E-state index contributed by atoms with van der Waals surface area (Å²) in [6.07, 6.45) is 0. The fraction of sp³-hybridized carbons (Fsp3) is 0.250. The van der Waals surface area contributed by atoms with Gasteiger partial charge in [-0.1, -0.05) is 23.7 Å². The van der Waals surface area contributed by atoms with E-state index in [4.69, 9.17) is 16.3 Å². The quantitative estimate of drug-likeness (QED) is 0.696. The van der Waals surface area contributed by atoms with Crippen molar-refractivity contribution < 1.29 is 9.53 Å². The molecule has 138 valence electrons. The molecule has 1 aromatic heterocycles. The minimum atomic E-state index is -0.152. The van der Waals surface area contributed by atoms with E-state index in [1.807, 2.05) is 48.5 Å². The number of benzene rings is 2. The third-order valence-corrected chi connectivity index (χ3v) is 4.95. The van der Waals surface area contributed by atoms with E-state index in [1.165, 1.54) is 7.11 Å². The number of aromatic nitrogens is 2. The first kappa shape index (κ1) is 17.5. The number of rotatable bonds is 3. The largest absolute Gasteiger partial charge is 0.479 e. The fourth-order valence-corrected chi connectivity index (χ4v) is 3.36.